The fraction of sp³-hybridized carbons (Fsp3) is 0.948. The summed E-state index contributed by atoms with van der Waals surface area (Å²) in [5, 5.41) is 0. The molecule has 1 atom stereocenters. The van der Waals surface area contributed by atoms with Crippen molar-refractivity contribution in [1.29, 1.82) is 0 Å². The molecule has 0 spiro atoms. The van der Waals surface area contributed by atoms with Crippen LogP contribution in [0, 0.1) is 5.92 Å². The molecule has 0 saturated heterocycles. The van der Waals surface area contributed by atoms with Gasteiger partial charge in [0.25, 0.3) is 0 Å². The largest absolute Gasteiger partial charge is 0.462 e. The molecule has 0 aliphatic heterocycles. The van der Waals surface area contributed by atoms with Gasteiger partial charge < -0.3 is 14.2 Å². The van der Waals surface area contributed by atoms with E-state index in [2.05, 4.69) is 27.7 Å². The summed E-state index contributed by atoms with van der Waals surface area (Å²) in [6.07, 6.45) is 56.7. The number of carbonyl (C=O) groups is 3. The number of carbonyl (C=O) groups excluding carboxylic acids is 3. The van der Waals surface area contributed by atoms with Gasteiger partial charge in [-0.15, -0.1) is 0 Å². The molecule has 64 heavy (non-hydrogen) atoms. The van der Waals surface area contributed by atoms with Crippen LogP contribution in [0.1, 0.15) is 329 Å². The Balaban J connectivity index is 4.25. The van der Waals surface area contributed by atoms with E-state index in [1.807, 2.05) is 0 Å². The molecule has 0 aliphatic carbocycles. The van der Waals surface area contributed by atoms with Crippen molar-refractivity contribution in [2.45, 2.75) is 336 Å². The first-order valence-electron chi connectivity index (χ1n) is 28.9. The van der Waals surface area contributed by atoms with Crippen LogP contribution in [0.3, 0.4) is 0 Å². The lowest BCUT2D eigenvalue weighted by Gasteiger charge is -2.18. The Hall–Kier alpha value is -1.59. The van der Waals surface area contributed by atoms with E-state index in [1.54, 1.807) is 0 Å². The molecule has 0 aromatic rings. The van der Waals surface area contributed by atoms with Gasteiger partial charge in [0.05, 0.1) is 0 Å². The van der Waals surface area contributed by atoms with Gasteiger partial charge in [0.1, 0.15) is 13.2 Å². The average Bonchev–Trinajstić information content (AvgIpc) is 3.28. The lowest BCUT2D eigenvalue weighted by Crippen LogP contribution is -2.30. The van der Waals surface area contributed by atoms with Gasteiger partial charge in [-0.25, -0.2) is 0 Å². The Bertz CT molecular complexity index is 964. The number of hydrogen-bond donors (Lipinski definition) is 0. The molecule has 0 aromatic heterocycles. The summed E-state index contributed by atoms with van der Waals surface area (Å²) < 4.78 is 16.9. The summed E-state index contributed by atoms with van der Waals surface area (Å²) in [5.41, 5.74) is 0. The van der Waals surface area contributed by atoms with Crippen LogP contribution < -0.4 is 0 Å². The van der Waals surface area contributed by atoms with Crippen LogP contribution in [-0.2, 0) is 28.6 Å². The summed E-state index contributed by atoms with van der Waals surface area (Å²) in [7, 11) is 0. The van der Waals surface area contributed by atoms with Crippen LogP contribution in [-0.4, -0.2) is 37.2 Å². The summed E-state index contributed by atoms with van der Waals surface area (Å²) in [5.74, 6) is -0.0421. The van der Waals surface area contributed by atoms with E-state index in [4.69, 9.17) is 14.2 Å². The smallest absolute Gasteiger partial charge is 0.306 e. The molecule has 0 rings (SSSR count). The standard InChI is InChI=1S/C58H112O6/c1-5-7-9-11-13-15-17-19-21-23-25-26-28-30-32-37-41-45-49-56(59)62-52-55(53-63-57(60)50-46-42-38-35-34-36-40-44-48-54(3)4)64-58(61)51-47-43-39-33-31-29-27-24-22-20-18-16-14-12-10-8-6-2/h54-55H,5-53H2,1-4H3/t55-/m1/s1. The Morgan fingerprint density at radius 1 is 0.297 bits per heavy atom. The Morgan fingerprint density at radius 2 is 0.516 bits per heavy atom. The van der Waals surface area contributed by atoms with Gasteiger partial charge in [0, 0.05) is 19.3 Å². The first kappa shape index (κ1) is 62.4. The highest BCUT2D eigenvalue weighted by Gasteiger charge is 2.19. The SMILES string of the molecule is CCCCCCCCCCCCCCCCCCCCC(=O)OC[C@H](COC(=O)CCCCCCCCCCC(C)C)OC(=O)CCCCCCCCCCCCCCCCCCC. The molecule has 6 nitrogen and oxygen atoms in total. The third kappa shape index (κ3) is 51.4. The van der Waals surface area contributed by atoms with Crippen molar-refractivity contribution in [2.75, 3.05) is 13.2 Å². The van der Waals surface area contributed by atoms with Crippen LogP contribution in [0.2, 0.25) is 0 Å². The van der Waals surface area contributed by atoms with E-state index >= 15 is 0 Å². The topological polar surface area (TPSA) is 78.9 Å². The van der Waals surface area contributed by atoms with Gasteiger partial charge in [-0.2, -0.15) is 0 Å². The predicted octanol–water partition coefficient (Wildman–Crippen LogP) is 19.0. The summed E-state index contributed by atoms with van der Waals surface area (Å²) in [6.45, 7) is 9.02. The van der Waals surface area contributed by atoms with E-state index in [0.717, 1.165) is 63.7 Å². The predicted molar refractivity (Wildman–Crippen MR) is 275 cm³/mol. The van der Waals surface area contributed by atoms with E-state index < -0.39 is 6.10 Å². The molecular formula is C58H112O6. The first-order chi connectivity index (χ1) is 31.4. The lowest BCUT2D eigenvalue weighted by molar-refractivity contribution is -0.167. The van der Waals surface area contributed by atoms with Gasteiger partial charge >= 0.3 is 17.9 Å². The van der Waals surface area contributed by atoms with Crippen molar-refractivity contribution >= 4 is 17.9 Å². The molecular weight excluding hydrogens is 793 g/mol. The van der Waals surface area contributed by atoms with E-state index in [9.17, 15) is 14.4 Å². The van der Waals surface area contributed by atoms with Crippen molar-refractivity contribution in [2.24, 2.45) is 5.92 Å². The molecule has 0 saturated carbocycles. The highest BCUT2D eigenvalue weighted by molar-refractivity contribution is 5.71. The molecule has 0 aromatic carbocycles. The van der Waals surface area contributed by atoms with Crippen molar-refractivity contribution in [3.05, 3.63) is 0 Å². The second-order valence-electron chi connectivity index (χ2n) is 20.4. The van der Waals surface area contributed by atoms with Gasteiger partial charge in [0.2, 0.25) is 0 Å². The quantitative estimate of drug-likeness (QED) is 0.0344. The number of ether oxygens (including phenoxy) is 3. The lowest BCUT2D eigenvalue weighted by atomic mass is 10.0. The van der Waals surface area contributed by atoms with Crippen molar-refractivity contribution in [3.8, 4) is 0 Å². The Morgan fingerprint density at radius 3 is 0.766 bits per heavy atom. The molecule has 0 amide bonds. The van der Waals surface area contributed by atoms with Crippen LogP contribution in [0.5, 0.6) is 0 Å². The van der Waals surface area contributed by atoms with E-state index in [-0.39, 0.29) is 31.1 Å². The molecule has 0 N–H and O–H groups in total. The fourth-order valence-electron chi connectivity index (χ4n) is 8.92. The molecule has 6 heteroatoms. The minimum absolute atomic E-state index is 0.0624. The first-order valence-corrected chi connectivity index (χ1v) is 28.9. The molecule has 0 fully saturated rings. The highest BCUT2D eigenvalue weighted by atomic mass is 16.6. The van der Waals surface area contributed by atoms with Crippen LogP contribution in [0.4, 0.5) is 0 Å². The van der Waals surface area contributed by atoms with Crippen LogP contribution >= 0.6 is 0 Å². The van der Waals surface area contributed by atoms with Crippen molar-refractivity contribution in [1.82, 2.24) is 0 Å². The highest BCUT2D eigenvalue weighted by Crippen LogP contribution is 2.18. The molecule has 0 aliphatic rings. The monoisotopic (exact) mass is 905 g/mol. The van der Waals surface area contributed by atoms with Crippen molar-refractivity contribution in [3.63, 3.8) is 0 Å². The second-order valence-corrected chi connectivity index (χ2v) is 20.4. The zero-order chi connectivity index (χ0) is 46.7. The van der Waals surface area contributed by atoms with E-state index in [1.165, 1.54) is 225 Å². The number of unbranched alkanes of at least 4 members (excludes halogenated alkanes) is 40. The molecule has 0 bridgehead atoms. The molecule has 0 heterocycles. The van der Waals surface area contributed by atoms with Crippen molar-refractivity contribution < 1.29 is 28.6 Å². The van der Waals surface area contributed by atoms with Crippen LogP contribution in [0.25, 0.3) is 0 Å². The summed E-state index contributed by atoms with van der Waals surface area (Å²) in [4.78, 5) is 38.1. The fourth-order valence-corrected chi connectivity index (χ4v) is 8.92. The maximum Gasteiger partial charge on any atom is 0.306 e. The minimum atomic E-state index is -0.762. The van der Waals surface area contributed by atoms with Gasteiger partial charge in [-0.1, -0.05) is 291 Å². The third-order valence-electron chi connectivity index (χ3n) is 13.3. The minimum Gasteiger partial charge on any atom is -0.462 e. The zero-order valence-corrected chi connectivity index (χ0v) is 43.8. The van der Waals surface area contributed by atoms with Gasteiger partial charge in [0.15, 0.2) is 6.10 Å². The summed E-state index contributed by atoms with van der Waals surface area (Å²) in [6, 6.07) is 0. The normalized spacial score (nSPS) is 12.0. The molecule has 380 valence electrons. The number of esters is 3. The maximum absolute atomic E-state index is 12.8. The average molecular weight is 906 g/mol. The second kappa shape index (κ2) is 52.4. The summed E-state index contributed by atoms with van der Waals surface area (Å²) >= 11 is 0. The van der Waals surface area contributed by atoms with Gasteiger partial charge in [-0.05, 0) is 25.2 Å². The molecule has 0 unspecified atom stereocenters. The Kier molecular flexibility index (Phi) is 51.1. The van der Waals surface area contributed by atoms with Crippen LogP contribution in [0.15, 0.2) is 0 Å². The number of rotatable bonds is 53. The maximum atomic E-state index is 12.8. The molecule has 0 radical (unpaired) electrons. The number of hydrogen-bond acceptors (Lipinski definition) is 6. The third-order valence-corrected chi connectivity index (χ3v) is 13.3. The Labute approximate surface area is 399 Å². The zero-order valence-electron chi connectivity index (χ0n) is 43.8. The van der Waals surface area contributed by atoms with Gasteiger partial charge in [-0.3, -0.25) is 14.4 Å². The van der Waals surface area contributed by atoms with E-state index in [0.29, 0.717) is 19.3 Å².